The molecule has 0 saturated heterocycles. The zero-order chi connectivity index (χ0) is 16.2. The number of nitrogens with one attached hydrogen (secondary N) is 1. The van der Waals surface area contributed by atoms with Gasteiger partial charge in [0.2, 0.25) is 10.0 Å². The van der Waals surface area contributed by atoms with Crippen molar-refractivity contribution in [1.82, 2.24) is 0 Å². The highest BCUT2D eigenvalue weighted by Gasteiger charge is 2.27. The molecule has 10 heteroatoms. The molecule has 0 amide bonds. The lowest BCUT2D eigenvalue weighted by molar-refractivity contribution is -0.383. The molecule has 0 spiro atoms. The predicted molar refractivity (Wildman–Crippen MR) is 72.3 cm³/mol. The van der Waals surface area contributed by atoms with Crippen molar-refractivity contribution in [1.29, 1.82) is 5.26 Å². The highest BCUT2D eigenvalue weighted by Crippen LogP contribution is 2.27. The fourth-order valence-electron chi connectivity index (χ4n) is 1.51. The Morgan fingerprint density at radius 3 is 2.62 bits per heavy atom. The molecule has 1 unspecified atom stereocenters. The largest absolute Gasteiger partial charge is 0.478 e. The molecule has 112 valence electrons. The lowest BCUT2D eigenvalue weighted by atomic mass is 10.2. The molecule has 0 aliphatic heterocycles. The number of nitro groups is 1. The number of aromatic carboxylic acids is 1. The molecule has 1 atom stereocenters. The van der Waals surface area contributed by atoms with E-state index in [-0.39, 0.29) is 12.0 Å². The monoisotopic (exact) mass is 313 g/mol. The number of sulfonamides is 1. The Kier molecular flexibility index (Phi) is 4.83. The summed E-state index contributed by atoms with van der Waals surface area (Å²) in [4.78, 5) is 20.8. The summed E-state index contributed by atoms with van der Waals surface area (Å²) in [5.74, 6) is -1.38. The number of rotatable bonds is 6. The Morgan fingerprint density at radius 1 is 1.57 bits per heavy atom. The number of nitro benzene ring substituents is 1. The van der Waals surface area contributed by atoms with Crippen molar-refractivity contribution in [2.75, 3.05) is 4.72 Å². The first-order chi connectivity index (χ1) is 9.72. The second kappa shape index (κ2) is 6.19. The molecule has 0 aliphatic carbocycles. The van der Waals surface area contributed by atoms with Crippen LogP contribution in [0.5, 0.6) is 0 Å². The van der Waals surface area contributed by atoms with Gasteiger partial charge in [-0.15, -0.1) is 0 Å². The van der Waals surface area contributed by atoms with Crippen LogP contribution in [0.2, 0.25) is 0 Å². The molecule has 1 rings (SSSR count). The normalized spacial score (nSPS) is 12.2. The van der Waals surface area contributed by atoms with Crippen LogP contribution in [0.25, 0.3) is 0 Å². The van der Waals surface area contributed by atoms with Gasteiger partial charge in [0.15, 0.2) is 5.25 Å². The maximum atomic E-state index is 11.9. The third kappa shape index (κ3) is 3.67. The van der Waals surface area contributed by atoms with E-state index in [1.165, 1.54) is 6.92 Å². The Bertz CT molecular complexity index is 722. The van der Waals surface area contributed by atoms with Crippen molar-refractivity contribution in [3.8, 4) is 6.07 Å². The van der Waals surface area contributed by atoms with E-state index in [1.54, 1.807) is 6.07 Å². The topological polar surface area (TPSA) is 150 Å². The van der Waals surface area contributed by atoms with Crippen LogP contribution >= 0.6 is 0 Å². The zero-order valence-corrected chi connectivity index (χ0v) is 11.6. The van der Waals surface area contributed by atoms with Crippen LogP contribution in [0.4, 0.5) is 11.4 Å². The van der Waals surface area contributed by atoms with Gasteiger partial charge in [-0.25, -0.2) is 13.2 Å². The molecule has 0 aromatic heterocycles. The lowest BCUT2D eigenvalue weighted by Crippen LogP contribution is -2.26. The van der Waals surface area contributed by atoms with E-state index in [1.807, 2.05) is 4.72 Å². The Morgan fingerprint density at radius 2 is 2.19 bits per heavy atom. The third-order valence-electron chi connectivity index (χ3n) is 2.58. The lowest BCUT2D eigenvalue weighted by Gasteiger charge is -2.11. The second-order valence-electron chi connectivity index (χ2n) is 3.97. The second-order valence-corrected chi connectivity index (χ2v) is 5.83. The van der Waals surface area contributed by atoms with Gasteiger partial charge in [-0.3, -0.25) is 14.8 Å². The van der Waals surface area contributed by atoms with E-state index < -0.39 is 37.5 Å². The number of anilines is 1. The molecule has 1 aromatic carbocycles. The maximum Gasteiger partial charge on any atom is 0.335 e. The summed E-state index contributed by atoms with van der Waals surface area (Å²) in [5, 5.41) is 27.1. The summed E-state index contributed by atoms with van der Waals surface area (Å²) in [5.41, 5.74) is -1.44. The minimum absolute atomic E-state index is 0.00679. The number of nitrogens with zero attached hydrogens (tertiary/aromatic N) is 2. The molecule has 0 saturated carbocycles. The minimum atomic E-state index is -4.13. The van der Waals surface area contributed by atoms with Gasteiger partial charge in [0.1, 0.15) is 5.69 Å². The van der Waals surface area contributed by atoms with Gasteiger partial charge in [0.25, 0.3) is 5.69 Å². The van der Waals surface area contributed by atoms with Gasteiger partial charge in [-0.1, -0.05) is 6.92 Å². The molecule has 0 heterocycles. The molecular formula is C11H11N3O6S. The summed E-state index contributed by atoms with van der Waals surface area (Å²) >= 11 is 0. The van der Waals surface area contributed by atoms with Gasteiger partial charge in [0, 0.05) is 6.07 Å². The van der Waals surface area contributed by atoms with E-state index >= 15 is 0 Å². The number of hydrogen-bond acceptors (Lipinski definition) is 6. The van der Waals surface area contributed by atoms with Crippen molar-refractivity contribution in [2.45, 2.75) is 18.6 Å². The summed E-state index contributed by atoms with van der Waals surface area (Å²) in [6.07, 6.45) is 0.00679. The Hall–Kier alpha value is -2.67. The van der Waals surface area contributed by atoms with Crippen LogP contribution in [0.15, 0.2) is 18.2 Å². The maximum absolute atomic E-state index is 11.9. The summed E-state index contributed by atoms with van der Waals surface area (Å²) < 4.78 is 25.7. The molecule has 0 fully saturated rings. The number of hydrogen-bond donors (Lipinski definition) is 2. The fourth-order valence-corrected chi connectivity index (χ4v) is 2.71. The minimum Gasteiger partial charge on any atom is -0.478 e. The number of benzene rings is 1. The Labute approximate surface area is 120 Å². The van der Waals surface area contributed by atoms with E-state index in [0.717, 1.165) is 18.2 Å². The first-order valence-electron chi connectivity index (χ1n) is 5.66. The van der Waals surface area contributed by atoms with Crippen LogP contribution in [-0.4, -0.2) is 29.7 Å². The van der Waals surface area contributed by atoms with Crippen LogP contribution in [0.3, 0.4) is 0 Å². The molecule has 0 radical (unpaired) electrons. The number of carbonyl (C=O) groups is 1. The van der Waals surface area contributed by atoms with Gasteiger partial charge < -0.3 is 5.11 Å². The number of carboxylic acid groups (broad SMARTS) is 1. The van der Waals surface area contributed by atoms with Crippen LogP contribution in [0.1, 0.15) is 23.7 Å². The predicted octanol–water partition coefficient (Wildman–Crippen LogP) is 1.34. The number of nitriles is 1. The average molecular weight is 313 g/mol. The van der Waals surface area contributed by atoms with Gasteiger partial charge in [-0.2, -0.15) is 5.26 Å². The summed E-state index contributed by atoms with van der Waals surface area (Å²) in [7, 11) is -4.13. The van der Waals surface area contributed by atoms with Crippen molar-refractivity contribution in [3.63, 3.8) is 0 Å². The number of carboxylic acids is 1. The van der Waals surface area contributed by atoms with Gasteiger partial charge in [0.05, 0.1) is 16.6 Å². The standard InChI is InChI=1S/C11H11N3O6S/c1-2-8(6-12)21(19,20)13-9-4-3-7(11(15)16)5-10(9)14(17)18/h3-5,8,13H,2H2,1H3,(H,15,16). The van der Waals surface area contributed by atoms with Crippen molar-refractivity contribution in [3.05, 3.63) is 33.9 Å². The van der Waals surface area contributed by atoms with E-state index in [0.29, 0.717) is 0 Å². The highest BCUT2D eigenvalue weighted by atomic mass is 32.2. The van der Waals surface area contributed by atoms with Gasteiger partial charge in [-0.05, 0) is 18.6 Å². The van der Waals surface area contributed by atoms with Crippen molar-refractivity contribution in [2.24, 2.45) is 0 Å². The van der Waals surface area contributed by atoms with E-state index in [2.05, 4.69) is 0 Å². The molecule has 0 aliphatic rings. The average Bonchev–Trinajstić information content (AvgIpc) is 2.39. The van der Waals surface area contributed by atoms with Crippen LogP contribution in [0, 0.1) is 21.4 Å². The van der Waals surface area contributed by atoms with E-state index in [4.69, 9.17) is 10.4 Å². The summed E-state index contributed by atoms with van der Waals surface area (Å²) in [6.45, 7) is 1.48. The third-order valence-corrected chi connectivity index (χ3v) is 4.28. The first kappa shape index (κ1) is 16.4. The molecule has 9 nitrogen and oxygen atoms in total. The van der Waals surface area contributed by atoms with E-state index in [9.17, 15) is 23.3 Å². The molecule has 2 N–H and O–H groups in total. The van der Waals surface area contributed by atoms with Gasteiger partial charge >= 0.3 is 5.97 Å². The molecule has 0 bridgehead atoms. The molecule has 1 aromatic rings. The highest BCUT2D eigenvalue weighted by molar-refractivity contribution is 7.93. The first-order valence-corrected chi connectivity index (χ1v) is 7.20. The Balaban J connectivity index is 3.29. The van der Waals surface area contributed by atoms with Crippen molar-refractivity contribution < 1.29 is 23.2 Å². The zero-order valence-electron chi connectivity index (χ0n) is 10.8. The van der Waals surface area contributed by atoms with Crippen molar-refractivity contribution >= 4 is 27.4 Å². The quantitative estimate of drug-likeness (QED) is 0.594. The SMILES string of the molecule is CCC(C#N)S(=O)(=O)Nc1ccc(C(=O)O)cc1[N+](=O)[O-]. The summed E-state index contributed by atoms with van der Waals surface area (Å²) in [6, 6.07) is 4.32. The smallest absolute Gasteiger partial charge is 0.335 e. The van der Waals surface area contributed by atoms with Crippen LogP contribution in [-0.2, 0) is 10.0 Å². The molecular weight excluding hydrogens is 302 g/mol. The fraction of sp³-hybridized carbons (Fsp3) is 0.273. The molecule has 21 heavy (non-hydrogen) atoms. The van der Waals surface area contributed by atoms with Crippen LogP contribution < -0.4 is 4.72 Å².